The van der Waals surface area contributed by atoms with Gasteiger partial charge in [0.1, 0.15) is 6.54 Å². The van der Waals surface area contributed by atoms with E-state index in [1.165, 1.54) is 37.7 Å². The first-order chi connectivity index (χ1) is 11.0. The summed E-state index contributed by atoms with van der Waals surface area (Å²) in [6, 6.07) is 3.40. The molecule has 0 bridgehead atoms. The molecule has 124 valence electrons. The Morgan fingerprint density at radius 3 is 2.22 bits per heavy atom. The third-order valence-electron chi connectivity index (χ3n) is 3.12. The number of carboxylic acids is 1. The lowest BCUT2D eigenvalue weighted by Crippen LogP contribution is -2.11. The largest absolute Gasteiger partial charge is 0.493 e. The fraction of sp³-hybridized carbons (Fsp3) is 0.357. The van der Waals surface area contributed by atoms with Crippen molar-refractivity contribution in [2.24, 2.45) is 0 Å². The van der Waals surface area contributed by atoms with E-state index in [9.17, 15) is 4.79 Å². The number of hydrogen-bond acceptors (Lipinski definition) is 7. The molecular formula is C14H17N3O5S. The minimum absolute atomic E-state index is 0.241. The molecular weight excluding hydrogens is 322 g/mol. The normalized spacial score (nSPS) is 10.4. The molecule has 0 amide bonds. The zero-order chi connectivity index (χ0) is 17.0. The molecule has 2 rings (SSSR count). The summed E-state index contributed by atoms with van der Waals surface area (Å²) in [5, 5.41) is 17.7. The zero-order valence-corrected chi connectivity index (χ0v) is 14.0. The number of methoxy groups -OCH3 is 3. The molecule has 0 atom stereocenters. The van der Waals surface area contributed by atoms with Crippen molar-refractivity contribution in [2.45, 2.75) is 11.7 Å². The van der Waals surface area contributed by atoms with E-state index in [2.05, 4.69) is 10.2 Å². The quantitative estimate of drug-likeness (QED) is 0.763. The standard InChI is InChI=1S/C14H17N3O5S/c1-20-9-5-8(6-10(21-2)12(9)22-3)13-15-16-14(23-4)17(13)7-11(18)19/h5-6H,7H2,1-4H3,(H,18,19). The lowest BCUT2D eigenvalue weighted by atomic mass is 10.1. The summed E-state index contributed by atoms with van der Waals surface area (Å²) in [6.45, 7) is -0.241. The maximum absolute atomic E-state index is 11.1. The molecule has 0 spiro atoms. The highest BCUT2D eigenvalue weighted by molar-refractivity contribution is 7.98. The Hall–Kier alpha value is -2.42. The lowest BCUT2D eigenvalue weighted by Gasteiger charge is -2.14. The van der Waals surface area contributed by atoms with E-state index < -0.39 is 5.97 Å². The molecule has 1 N–H and O–H groups in total. The molecule has 1 heterocycles. The molecule has 0 radical (unpaired) electrons. The van der Waals surface area contributed by atoms with Gasteiger partial charge in [-0.15, -0.1) is 10.2 Å². The van der Waals surface area contributed by atoms with Crippen molar-refractivity contribution in [3.8, 4) is 28.6 Å². The first kappa shape index (κ1) is 16.9. The molecule has 23 heavy (non-hydrogen) atoms. The van der Waals surface area contributed by atoms with Crippen LogP contribution in [0.1, 0.15) is 0 Å². The van der Waals surface area contributed by atoms with Gasteiger partial charge in [-0.2, -0.15) is 0 Å². The number of aromatic nitrogens is 3. The second-order valence-corrected chi connectivity index (χ2v) is 5.18. The van der Waals surface area contributed by atoms with Gasteiger partial charge < -0.3 is 19.3 Å². The third-order valence-corrected chi connectivity index (χ3v) is 3.78. The number of carbonyl (C=O) groups is 1. The van der Waals surface area contributed by atoms with Crippen LogP contribution in [0.4, 0.5) is 0 Å². The monoisotopic (exact) mass is 339 g/mol. The highest BCUT2D eigenvalue weighted by Gasteiger charge is 2.20. The Bertz CT molecular complexity index is 691. The zero-order valence-electron chi connectivity index (χ0n) is 13.2. The Labute approximate surface area is 137 Å². The van der Waals surface area contributed by atoms with Crippen LogP contribution in [-0.4, -0.2) is 53.4 Å². The second-order valence-electron chi connectivity index (χ2n) is 4.40. The second kappa shape index (κ2) is 7.23. The van der Waals surface area contributed by atoms with E-state index in [0.717, 1.165) is 0 Å². The Morgan fingerprint density at radius 2 is 1.78 bits per heavy atom. The van der Waals surface area contributed by atoms with Crippen LogP contribution in [-0.2, 0) is 11.3 Å². The molecule has 0 aliphatic rings. The smallest absolute Gasteiger partial charge is 0.323 e. The maximum atomic E-state index is 11.1. The number of thioether (sulfide) groups is 1. The number of ether oxygens (including phenoxy) is 3. The lowest BCUT2D eigenvalue weighted by molar-refractivity contribution is -0.137. The van der Waals surface area contributed by atoms with Crippen LogP contribution in [0.5, 0.6) is 17.2 Å². The van der Waals surface area contributed by atoms with Crippen molar-refractivity contribution in [2.75, 3.05) is 27.6 Å². The first-order valence-electron chi connectivity index (χ1n) is 6.55. The van der Waals surface area contributed by atoms with Crippen molar-refractivity contribution in [3.05, 3.63) is 12.1 Å². The molecule has 0 fully saturated rings. The Kier molecular flexibility index (Phi) is 5.32. The highest BCUT2D eigenvalue weighted by atomic mass is 32.2. The number of aliphatic carboxylic acids is 1. The molecule has 1 aromatic carbocycles. The number of carboxylic acid groups (broad SMARTS) is 1. The SMILES string of the molecule is COc1cc(-c2nnc(SC)n2CC(=O)O)cc(OC)c1OC. The van der Waals surface area contributed by atoms with E-state index in [4.69, 9.17) is 19.3 Å². The maximum Gasteiger partial charge on any atom is 0.323 e. The van der Waals surface area contributed by atoms with Gasteiger partial charge in [0.2, 0.25) is 5.75 Å². The number of rotatable bonds is 7. The van der Waals surface area contributed by atoms with Crippen molar-refractivity contribution >= 4 is 17.7 Å². The summed E-state index contributed by atoms with van der Waals surface area (Å²) < 4.78 is 17.4. The van der Waals surface area contributed by atoms with Gasteiger partial charge in [0.05, 0.1) is 21.3 Å². The van der Waals surface area contributed by atoms with E-state index in [1.54, 1.807) is 18.4 Å². The summed E-state index contributed by atoms with van der Waals surface area (Å²) in [6.07, 6.45) is 1.81. The Morgan fingerprint density at radius 1 is 1.17 bits per heavy atom. The van der Waals surface area contributed by atoms with E-state index in [1.807, 2.05) is 0 Å². The molecule has 0 aliphatic carbocycles. The van der Waals surface area contributed by atoms with Crippen LogP contribution < -0.4 is 14.2 Å². The van der Waals surface area contributed by atoms with Gasteiger partial charge in [0.25, 0.3) is 0 Å². The number of hydrogen-bond donors (Lipinski definition) is 1. The Balaban J connectivity index is 2.62. The van der Waals surface area contributed by atoms with Crippen molar-refractivity contribution in [1.82, 2.24) is 14.8 Å². The summed E-state index contributed by atoms with van der Waals surface area (Å²) in [4.78, 5) is 11.1. The van der Waals surface area contributed by atoms with Crippen molar-refractivity contribution < 1.29 is 24.1 Å². The van der Waals surface area contributed by atoms with Crippen molar-refractivity contribution in [3.63, 3.8) is 0 Å². The fourth-order valence-electron chi connectivity index (χ4n) is 2.14. The third kappa shape index (κ3) is 3.34. The predicted octanol–water partition coefficient (Wildman–Crippen LogP) is 1.78. The molecule has 0 saturated carbocycles. The molecule has 9 heteroatoms. The summed E-state index contributed by atoms with van der Waals surface area (Å²) in [5.74, 6) is 0.799. The first-order valence-corrected chi connectivity index (χ1v) is 7.77. The average molecular weight is 339 g/mol. The minimum atomic E-state index is -0.978. The fourth-order valence-corrected chi connectivity index (χ4v) is 2.64. The van der Waals surface area contributed by atoms with Crippen LogP contribution in [0.3, 0.4) is 0 Å². The summed E-state index contributed by atoms with van der Waals surface area (Å²) in [7, 11) is 4.53. The van der Waals surface area contributed by atoms with Crippen LogP contribution in [0.2, 0.25) is 0 Å². The van der Waals surface area contributed by atoms with Gasteiger partial charge in [-0.05, 0) is 18.4 Å². The highest BCUT2D eigenvalue weighted by Crippen LogP contribution is 2.41. The molecule has 0 aliphatic heterocycles. The van der Waals surface area contributed by atoms with E-state index >= 15 is 0 Å². The van der Waals surface area contributed by atoms with Gasteiger partial charge in [0.15, 0.2) is 22.5 Å². The predicted molar refractivity (Wildman–Crippen MR) is 84.5 cm³/mol. The van der Waals surface area contributed by atoms with Crippen molar-refractivity contribution in [1.29, 1.82) is 0 Å². The van der Waals surface area contributed by atoms with Gasteiger partial charge in [-0.3, -0.25) is 9.36 Å². The summed E-state index contributed by atoms with van der Waals surface area (Å²) in [5.41, 5.74) is 0.619. The molecule has 8 nitrogen and oxygen atoms in total. The molecule has 2 aromatic rings. The molecule has 1 aromatic heterocycles. The van der Waals surface area contributed by atoms with Gasteiger partial charge in [-0.25, -0.2) is 0 Å². The van der Waals surface area contributed by atoms with E-state index in [-0.39, 0.29) is 6.54 Å². The van der Waals surface area contributed by atoms with Gasteiger partial charge in [0, 0.05) is 5.56 Å². The van der Waals surface area contributed by atoms with Gasteiger partial charge >= 0.3 is 5.97 Å². The average Bonchev–Trinajstić information content (AvgIpc) is 2.95. The van der Waals surface area contributed by atoms with Crippen LogP contribution >= 0.6 is 11.8 Å². The van der Waals surface area contributed by atoms with E-state index in [0.29, 0.717) is 33.8 Å². The van der Waals surface area contributed by atoms with Crippen LogP contribution in [0.15, 0.2) is 17.3 Å². The summed E-state index contributed by atoms with van der Waals surface area (Å²) >= 11 is 1.32. The van der Waals surface area contributed by atoms with Crippen LogP contribution in [0, 0.1) is 0 Å². The topological polar surface area (TPSA) is 95.7 Å². The number of nitrogens with zero attached hydrogens (tertiary/aromatic N) is 3. The minimum Gasteiger partial charge on any atom is -0.493 e. The van der Waals surface area contributed by atoms with Gasteiger partial charge in [-0.1, -0.05) is 11.8 Å². The van der Waals surface area contributed by atoms with Crippen LogP contribution in [0.25, 0.3) is 11.4 Å². The number of benzene rings is 1. The molecule has 0 unspecified atom stereocenters. The molecule has 0 saturated heterocycles.